The third-order valence-electron chi connectivity index (χ3n) is 2.94. The van der Waals surface area contributed by atoms with Crippen LogP contribution in [-0.4, -0.2) is 21.2 Å². The second-order valence-electron chi connectivity index (χ2n) is 4.65. The van der Waals surface area contributed by atoms with Crippen molar-refractivity contribution in [3.05, 3.63) is 35.1 Å². The van der Waals surface area contributed by atoms with Gasteiger partial charge in [-0.3, -0.25) is 0 Å². The lowest BCUT2D eigenvalue weighted by Gasteiger charge is -2.33. The standard InChI is InChI=1S/C14H13NO2S2/c1-14(2)12(16)11(13(18)19-3)9-6-8(7-15)4-5-10(9)17-14/h4-6,16H,1-3H3. The van der Waals surface area contributed by atoms with Crippen molar-refractivity contribution in [3.8, 4) is 11.8 Å². The number of hydrogen-bond donors (Lipinski definition) is 1. The van der Waals surface area contributed by atoms with Crippen LogP contribution >= 0.6 is 24.0 Å². The zero-order valence-electron chi connectivity index (χ0n) is 10.9. The van der Waals surface area contributed by atoms with E-state index in [2.05, 4.69) is 6.07 Å². The molecule has 0 bridgehead atoms. The van der Waals surface area contributed by atoms with Crippen molar-refractivity contribution in [1.82, 2.24) is 0 Å². The predicted molar refractivity (Wildman–Crippen MR) is 81.5 cm³/mol. The summed E-state index contributed by atoms with van der Waals surface area (Å²) < 4.78 is 6.36. The average Bonchev–Trinajstić information content (AvgIpc) is 2.38. The third-order valence-corrected chi connectivity index (χ3v) is 4.22. The monoisotopic (exact) mass is 291 g/mol. The van der Waals surface area contributed by atoms with Crippen LogP contribution in [-0.2, 0) is 0 Å². The van der Waals surface area contributed by atoms with Crippen molar-refractivity contribution in [3.63, 3.8) is 0 Å². The molecule has 0 unspecified atom stereocenters. The number of benzene rings is 1. The SMILES string of the molecule is CSC(=S)C1=C(O)C(C)(C)Oc2ccc(C#N)cc21. The van der Waals surface area contributed by atoms with Crippen molar-refractivity contribution in [2.24, 2.45) is 0 Å². The molecule has 0 aliphatic carbocycles. The van der Waals surface area contributed by atoms with E-state index < -0.39 is 5.60 Å². The first-order valence-electron chi connectivity index (χ1n) is 5.66. The smallest absolute Gasteiger partial charge is 0.160 e. The highest BCUT2D eigenvalue weighted by Crippen LogP contribution is 2.42. The van der Waals surface area contributed by atoms with Gasteiger partial charge in [-0.15, -0.1) is 11.8 Å². The van der Waals surface area contributed by atoms with Gasteiger partial charge < -0.3 is 9.84 Å². The van der Waals surface area contributed by atoms with Crippen molar-refractivity contribution >= 4 is 33.7 Å². The summed E-state index contributed by atoms with van der Waals surface area (Å²) in [5.41, 5.74) is 0.952. The van der Waals surface area contributed by atoms with Crippen LogP contribution in [0.3, 0.4) is 0 Å². The Morgan fingerprint density at radius 1 is 1.47 bits per heavy atom. The fraction of sp³-hybridized carbons (Fsp3) is 0.286. The van der Waals surface area contributed by atoms with Gasteiger partial charge in [0.25, 0.3) is 0 Å². The van der Waals surface area contributed by atoms with E-state index in [0.717, 1.165) is 0 Å². The number of fused-ring (bicyclic) bond motifs is 1. The van der Waals surface area contributed by atoms with Gasteiger partial charge in [-0.25, -0.2) is 0 Å². The van der Waals surface area contributed by atoms with Gasteiger partial charge >= 0.3 is 0 Å². The van der Waals surface area contributed by atoms with Gasteiger partial charge in [-0.2, -0.15) is 5.26 Å². The fourth-order valence-electron chi connectivity index (χ4n) is 1.94. The minimum absolute atomic E-state index is 0.106. The Morgan fingerprint density at radius 2 is 2.16 bits per heavy atom. The molecular formula is C14H13NO2S2. The quantitative estimate of drug-likeness (QED) is 0.800. The maximum Gasteiger partial charge on any atom is 0.160 e. The Bertz CT molecular complexity index is 627. The average molecular weight is 291 g/mol. The Hall–Kier alpha value is -1.51. The van der Waals surface area contributed by atoms with E-state index in [1.54, 1.807) is 32.0 Å². The highest BCUT2D eigenvalue weighted by Gasteiger charge is 2.36. The van der Waals surface area contributed by atoms with Crippen LogP contribution in [0, 0.1) is 11.3 Å². The van der Waals surface area contributed by atoms with E-state index in [4.69, 9.17) is 22.2 Å². The number of rotatable bonds is 1. The Labute approximate surface area is 121 Å². The van der Waals surface area contributed by atoms with Crippen molar-refractivity contribution in [1.29, 1.82) is 5.26 Å². The van der Waals surface area contributed by atoms with Crippen molar-refractivity contribution in [2.45, 2.75) is 19.4 Å². The molecule has 0 fully saturated rings. The van der Waals surface area contributed by atoms with Crippen LogP contribution in [0.4, 0.5) is 0 Å². The number of hydrogen-bond acceptors (Lipinski definition) is 5. The molecular weight excluding hydrogens is 278 g/mol. The number of thiocarbonyl (C=S) groups is 1. The molecule has 19 heavy (non-hydrogen) atoms. The minimum Gasteiger partial charge on any atom is -0.507 e. The van der Waals surface area contributed by atoms with Crippen LogP contribution in [0.2, 0.25) is 0 Å². The van der Waals surface area contributed by atoms with Gasteiger partial charge in [0.15, 0.2) is 5.60 Å². The highest BCUT2D eigenvalue weighted by atomic mass is 32.2. The van der Waals surface area contributed by atoms with Gasteiger partial charge in [0, 0.05) is 5.56 Å². The fourth-order valence-corrected chi connectivity index (χ4v) is 2.56. The molecule has 0 spiro atoms. The minimum atomic E-state index is -0.823. The number of nitriles is 1. The molecule has 1 aliphatic heterocycles. The highest BCUT2D eigenvalue weighted by molar-refractivity contribution is 8.24. The molecule has 1 aromatic rings. The molecule has 3 nitrogen and oxygen atoms in total. The summed E-state index contributed by atoms with van der Waals surface area (Å²) in [7, 11) is 0. The largest absolute Gasteiger partial charge is 0.507 e. The van der Waals surface area contributed by atoms with E-state index in [0.29, 0.717) is 26.6 Å². The van der Waals surface area contributed by atoms with Crippen molar-refractivity contribution in [2.75, 3.05) is 6.26 Å². The molecule has 98 valence electrons. The van der Waals surface area contributed by atoms with Crippen LogP contribution in [0.5, 0.6) is 5.75 Å². The number of thioether (sulfide) groups is 1. The van der Waals surface area contributed by atoms with Gasteiger partial charge in [0.2, 0.25) is 0 Å². The molecule has 0 atom stereocenters. The maximum atomic E-state index is 10.4. The third kappa shape index (κ3) is 2.34. The zero-order chi connectivity index (χ0) is 14.2. The van der Waals surface area contributed by atoms with Gasteiger partial charge in [0.1, 0.15) is 11.5 Å². The van der Waals surface area contributed by atoms with Crippen LogP contribution in [0.15, 0.2) is 24.0 Å². The summed E-state index contributed by atoms with van der Waals surface area (Å²) in [5, 5.41) is 19.4. The van der Waals surface area contributed by atoms with Gasteiger partial charge in [0.05, 0.1) is 21.4 Å². The zero-order valence-corrected chi connectivity index (χ0v) is 12.5. The Kier molecular flexibility index (Phi) is 3.57. The molecule has 0 aromatic heterocycles. The second-order valence-corrected chi connectivity index (χ2v) is 6.13. The van der Waals surface area contributed by atoms with Crippen molar-refractivity contribution < 1.29 is 9.84 Å². The van der Waals surface area contributed by atoms with E-state index >= 15 is 0 Å². The molecule has 0 amide bonds. The first-order valence-corrected chi connectivity index (χ1v) is 7.29. The molecule has 0 radical (unpaired) electrons. The molecule has 1 aromatic carbocycles. The predicted octanol–water partition coefficient (Wildman–Crippen LogP) is 3.69. The van der Waals surface area contributed by atoms with E-state index in [1.807, 2.05) is 6.26 Å². The Morgan fingerprint density at radius 3 is 2.74 bits per heavy atom. The number of ether oxygens (including phenoxy) is 1. The normalized spacial score (nSPS) is 16.3. The van der Waals surface area contributed by atoms with Gasteiger partial charge in [-0.05, 0) is 38.3 Å². The van der Waals surface area contributed by atoms with E-state index in [1.165, 1.54) is 11.8 Å². The summed E-state index contributed by atoms with van der Waals surface area (Å²) in [6.45, 7) is 3.57. The molecule has 0 saturated heterocycles. The molecule has 1 heterocycles. The lowest BCUT2D eigenvalue weighted by Crippen LogP contribution is -2.35. The van der Waals surface area contributed by atoms with Crippen LogP contribution in [0.1, 0.15) is 25.0 Å². The summed E-state index contributed by atoms with van der Waals surface area (Å²) in [6.07, 6.45) is 1.86. The lowest BCUT2D eigenvalue weighted by molar-refractivity contribution is 0.0928. The Balaban J connectivity index is 2.72. The van der Waals surface area contributed by atoms with Gasteiger partial charge in [-0.1, -0.05) is 12.2 Å². The summed E-state index contributed by atoms with van der Waals surface area (Å²) in [5.74, 6) is 0.739. The summed E-state index contributed by atoms with van der Waals surface area (Å²) in [6, 6.07) is 7.21. The molecule has 5 heteroatoms. The number of aliphatic hydroxyl groups excluding tert-OH is 1. The van der Waals surface area contributed by atoms with Crippen LogP contribution in [0.25, 0.3) is 5.57 Å². The first-order chi connectivity index (χ1) is 8.90. The number of aliphatic hydroxyl groups is 1. The van der Waals surface area contributed by atoms with E-state index in [9.17, 15) is 5.11 Å². The molecule has 1 aliphatic rings. The summed E-state index contributed by atoms with van der Waals surface area (Å²) in [4.78, 5) is 0. The molecule has 1 N–H and O–H groups in total. The molecule has 2 rings (SSSR count). The maximum absolute atomic E-state index is 10.4. The topological polar surface area (TPSA) is 53.2 Å². The lowest BCUT2D eigenvalue weighted by atomic mass is 9.92. The van der Waals surface area contributed by atoms with E-state index in [-0.39, 0.29) is 5.76 Å². The molecule has 0 saturated carbocycles. The number of nitrogens with zero attached hydrogens (tertiary/aromatic N) is 1. The van der Waals surface area contributed by atoms with Crippen LogP contribution < -0.4 is 4.74 Å². The second kappa shape index (κ2) is 4.87. The summed E-state index contributed by atoms with van der Waals surface area (Å²) >= 11 is 6.71. The first kappa shape index (κ1) is 13.9.